The van der Waals surface area contributed by atoms with Gasteiger partial charge in [0.25, 0.3) is 0 Å². The number of nitrogens with zero attached hydrogens (tertiary/aromatic N) is 1. The summed E-state index contributed by atoms with van der Waals surface area (Å²) in [6, 6.07) is 5.70. The van der Waals surface area contributed by atoms with Crippen molar-refractivity contribution < 1.29 is 4.74 Å². The Morgan fingerprint density at radius 3 is 2.82 bits per heavy atom. The van der Waals surface area contributed by atoms with E-state index in [4.69, 9.17) is 22.1 Å². The van der Waals surface area contributed by atoms with E-state index in [0.29, 0.717) is 11.6 Å². The molecule has 0 aliphatic rings. The molecule has 1 aromatic heterocycles. The maximum atomic E-state index is 6.20. The van der Waals surface area contributed by atoms with Gasteiger partial charge in [-0.3, -0.25) is 0 Å². The van der Waals surface area contributed by atoms with E-state index in [2.05, 4.69) is 4.98 Å². The van der Waals surface area contributed by atoms with Crippen molar-refractivity contribution in [1.82, 2.24) is 4.98 Å². The van der Waals surface area contributed by atoms with E-state index in [-0.39, 0.29) is 0 Å². The first kappa shape index (κ1) is 12.1. The molecule has 90 valence electrons. The summed E-state index contributed by atoms with van der Waals surface area (Å²) in [5.41, 5.74) is 8.44. The van der Waals surface area contributed by atoms with Gasteiger partial charge in [-0.1, -0.05) is 11.6 Å². The number of hydrogen-bond donors (Lipinski definition) is 1. The third kappa shape index (κ3) is 2.21. The van der Waals surface area contributed by atoms with Crippen LogP contribution >= 0.6 is 11.6 Å². The summed E-state index contributed by atoms with van der Waals surface area (Å²) in [6.45, 7) is 2.61. The molecule has 0 saturated heterocycles. The molecule has 2 N–H and O–H groups in total. The normalized spacial score (nSPS) is 10.8. The Hall–Kier alpha value is -1.32. The molecule has 2 aromatic rings. The molecule has 0 atom stereocenters. The van der Waals surface area contributed by atoms with Gasteiger partial charge in [-0.15, -0.1) is 0 Å². The first-order chi connectivity index (χ1) is 8.17. The van der Waals surface area contributed by atoms with Gasteiger partial charge in [-0.25, -0.2) is 4.98 Å². The second-order valence-electron chi connectivity index (χ2n) is 3.94. The Morgan fingerprint density at radius 1 is 1.41 bits per heavy atom. The monoisotopic (exact) mass is 250 g/mol. The van der Waals surface area contributed by atoms with Crippen molar-refractivity contribution in [1.29, 1.82) is 0 Å². The Kier molecular flexibility index (Phi) is 3.50. The standard InChI is InChI=1S/C13H15ClN2O/c1-8-7-9(5-6-15)16-13-11(17-2)4-3-10(14)12(8)13/h3-4,7H,5-6,15H2,1-2H3. The van der Waals surface area contributed by atoms with Crippen LogP contribution in [0.3, 0.4) is 0 Å². The van der Waals surface area contributed by atoms with E-state index in [9.17, 15) is 0 Å². The zero-order valence-corrected chi connectivity index (χ0v) is 10.7. The topological polar surface area (TPSA) is 48.1 Å². The van der Waals surface area contributed by atoms with Gasteiger partial charge < -0.3 is 10.5 Å². The lowest BCUT2D eigenvalue weighted by Crippen LogP contribution is -2.05. The summed E-state index contributed by atoms with van der Waals surface area (Å²) in [7, 11) is 1.63. The Morgan fingerprint density at radius 2 is 2.18 bits per heavy atom. The first-order valence-electron chi connectivity index (χ1n) is 5.50. The minimum Gasteiger partial charge on any atom is -0.494 e. The number of pyridine rings is 1. The largest absolute Gasteiger partial charge is 0.494 e. The van der Waals surface area contributed by atoms with Gasteiger partial charge in [0.05, 0.1) is 12.1 Å². The highest BCUT2D eigenvalue weighted by molar-refractivity contribution is 6.35. The third-order valence-electron chi connectivity index (χ3n) is 2.74. The molecule has 0 aliphatic carbocycles. The molecule has 1 heterocycles. The number of halogens is 1. The molecule has 0 amide bonds. The maximum Gasteiger partial charge on any atom is 0.145 e. The lowest BCUT2D eigenvalue weighted by Gasteiger charge is -2.10. The Labute approximate surface area is 106 Å². The van der Waals surface area contributed by atoms with Crippen molar-refractivity contribution in [2.75, 3.05) is 13.7 Å². The maximum absolute atomic E-state index is 6.20. The summed E-state index contributed by atoms with van der Waals surface area (Å²) < 4.78 is 5.32. The molecule has 3 nitrogen and oxygen atoms in total. The van der Waals surface area contributed by atoms with Gasteiger partial charge in [-0.2, -0.15) is 0 Å². The number of rotatable bonds is 3. The van der Waals surface area contributed by atoms with E-state index >= 15 is 0 Å². The van der Waals surface area contributed by atoms with Crippen LogP contribution in [0.25, 0.3) is 10.9 Å². The summed E-state index contributed by atoms with van der Waals surface area (Å²) in [5, 5.41) is 1.65. The molecule has 2 rings (SSSR count). The molecule has 0 saturated carbocycles. The summed E-state index contributed by atoms with van der Waals surface area (Å²) >= 11 is 6.20. The number of fused-ring (bicyclic) bond motifs is 1. The number of benzene rings is 1. The fourth-order valence-electron chi connectivity index (χ4n) is 1.97. The van der Waals surface area contributed by atoms with E-state index < -0.39 is 0 Å². The van der Waals surface area contributed by atoms with E-state index in [1.165, 1.54) is 0 Å². The van der Waals surface area contributed by atoms with Crippen molar-refractivity contribution in [3.8, 4) is 5.75 Å². The second-order valence-corrected chi connectivity index (χ2v) is 4.35. The quantitative estimate of drug-likeness (QED) is 0.911. The van der Waals surface area contributed by atoms with Crippen LogP contribution in [0.5, 0.6) is 5.75 Å². The number of ether oxygens (including phenoxy) is 1. The fraction of sp³-hybridized carbons (Fsp3) is 0.308. The highest BCUT2D eigenvalue weighted by Gasteiger charge is 2.10. The van der Waals surface area contributed by atoms with Gasteiger partial charge >= 0.3 is 0 Å². The number of hydrogen-bond acceptors (Lipinski definition) is 3. The number of aromatic nitrogens is 1. The molecular weight excluding hydrogens is 236 g/mol. The first-order valence-corrected chi connectivity index (χ1v) is 5.88. The average Bonchev–Trinajstić information content (AvgIpc) is 2.29. The zero-order valence-electron chi connectivity index (χ0n) is 9.96. The Bertz CT molecular complexity index is 555. The van der Waals surface area contributed by atoms with Crippen molar-refractivity contribution in [2.24, 2.45) is 5.73 Å². The zero-order chi connectivity index (χ0) is 12.4. The van der Waals surface area contributed by atoms with Crippen LogP contribution in [-0.4, -0.2) is 18.6 Å². The van der Waals surface area contributed by atoms with Crippen LogP contribution < -0.4 is 10.5 Å². The summed E-state index contributed by atoms with van der Waals surface area (Å²) in [5.74, 6) is 0.742. The van der Waals surface area contributed by atoms with Crippen LogP contribution in [-0.2, 0) is 6.42 Å². The van der Waals surface area contributed by atoms with Crippen LogP contribution in [0.15, 0.2) is 18.2 Å². The lowest BCUT2D eigenvalue weighted by molar-refractivity contribution is 0.419. The smallest absolute Gasteiger partial charge is 0.145 e. The van der Waals surface area contributed by atoms with Crippen molar-refractivity contribution in [3.05, 3.63) is 34.5 Å². The predicted octanol–water partition coefficient (Wildman–Crippen LogP) is 2.71. The molecular formula is C13H15ClN2O. The molecule has 0 radical (unpaired) electrons. The van der Waals surface area contributed by atoms with Gasteiger partial charge in [0, 0.05) is 17.5 Å². The molecule has 1 aromatic carbocycles. The molecule has 4 heteroatoms. The van der Waals surface area contributed by atoms with Gasteiger partial charge in [0.1, 0.15) is 11.3 Å². The van der Waals surface area contributed by atoms with E-state index in [1.807, 2.05) is 25.1 Å². The van der Waals surface area contributed by atoms with Crippen LogP contribution in [0.2, 0.25) is 5.02 Å². The average molecular weight is 251 g/mol. The second kappa shape index (κ2) is 4.90. The molecule has 0 aliphatic heterocycles. The molecule has 0 fully saturated rings. The number of nitrogens with two attached hydrogens (primary N) is 1. The summed E-state index contributed by atoms with van der Waals surface area (Å²) in [4.78, 5) is 4.57. The molecule has 0 bridgehead atoms. The lowest BCUT2D eigenvalue weighted by atomic mass is 10.1. The highest BCUT2D eigenvalue weighted by atomic mass is 35.5. The van der Waals surface area contributed by atoms with E-state index in [1.54, 1.807) is 7.11 Å². The SMILES string of the molecule is COc1ccc(Cl)c2c(C)cc(CCN)nc12. The minimum atomic E-state index is 0.584. The molecule has 0 unspecified atom stereocenters. The van der Waals surface area contributed by atoms with Crippen molar-refractivity contribution >= 4 is 22.5 Å². The van der Waals surface area contributed by atoms with Crippen molar-refractivity contribution in [2.45, 2.75) is 13.3 Å². The Balaban J connectivity index is 2.75. The highest BCUT2D eigenvalue weighted by Crippen LogP contribution is 2.32. The third-order valence-corrected chi connectivity index (χ3v) is 3.06. The number of aryl methyl sites for hydroxylation is 1. The van der Waals surface area contributed by atoms with Crippen LogP contribution in [0.1, 0.15) is 11.3 Å². The van der Waals surface area contributed by atoms with Crippen LogP contribution in [0.4, 0.5) is 0 Å². The molecule has 0 spiro atoms. The molecule has 17 heavy (non-hydrogen) atoms. The number of methoxy groups -OCH3 is 1. The predicted molar refractivity (Wildman–Crippen MR) is 70.8 cm³/mol. The van der Waals surface area contributed by atoms with Crippen molar-refractivity contribution in [3.63, 3.8) is 0 Å². The van der Waals surface area contributed by atoms with E-state index in [0.717, 1.165) is 34.3 Å². The van der Waals surface area contributed by atoms with Gasteiger partial charge in [0.2, 0.25) is 0 Å². The fourth-order valence-corrected chi connectivity index (χ4v) is 2.27. The summed E-state index contributed by atoms with van der Waals surface area (Å²) in [6.07, 6.45) is 0.756. The minimum absolute atomic E-state index is 0.584. The van der Waals surface area contributed by atoms with Crippen LogP contribution in [0, 0.1) is 6.92 Å². The van der Waals surface area contributed by atoms with Gasteiger partial charge in [-0.05, 0) is 37.2 Å². The van der Waals surface area contributed by atoms with Gasteiger partial charge in [0.15, 0.2) is 0 Å².